The Labute approximate surface area is 176 Å². The zero-order valence-electron chi connectivity index (χ0n) is 17.3. The van der Waals surface area contributed by atoms with Gasteiger partial charge < -0.3 is 15.2 Å². The molecule has 160 valence electrons. The van der Waals surface area contributed by atoms with Crippen LogP contribution < -0.4 is 5.32 Å². The van der Waals surface area contributed by atoms with Gasteiger partial charge >= 0.3 is 0 Å². The number of carbonyl (C=O) groups is 1. The number of hydrogen-bond acceptors (Lipinski definition) is 4. The van der Waals surface area contributed by atoms with Crippen LogP contribution >= 0.6 is 0 Å². The number of halogens is 1. The summed E-state index contributed by atoms with van der Waals surface area (Å²) in [7, 11) is 0. The van der Waals surface area contributed by atoms with Crippen LogP contribution in [0.1, 0.15) is 39.9 Å². The van der Waals surface area contributed by atoms with Crippen LogP contribution in [0.15, 0.2) is 42.5 Å². The lowest BCUT2D eigenvalue weighted by Crippen LogP contribution is -2.46. The number of rotatable bonds is 6. The van der Waals surface area contributed by atoms with E-state index in [1.165, 1.54) is 0 Å². The molecule has 1 amide bonds. The van der Waals surface area contributed by atoms with Gasteiger partial charge in [-0.05, 0) is 55.0 Å². The lowest BCUT2D eigenvalue weighted by Gasteiger charge is -2.34. The van der Waals surface area contributed by atoms with Crippen molar-refractivity contribution in [3.8, 4) is 0 Å². The number of ether oxygens (including phenoxy) is 1. The molecule has 3 atom stereocenters. The Morgan fingerprint density at radius 1 is 1.27 bits per heavy atom. The van der Waals surface area contributed by atoms with Gasteiger partial charge in [0, 0.05) is 37.3 Å². The molecule has 2 heterocycles. The molecule has 0 aromatic heterocycles. The number of benzene rings is 2. The molecule has 2 fully saturated rings. The second-order valence-corrected chi connectivity index (χ2v) is 8.40. The number of hydrogen-bond donors (Lipinski definition) is 2. The SMILES string of the molecule is Cc1ccc(Cc2ccccc2C(=O)N[C@@H]2C[C@H]3CO[C@@H](CCO)CN3C2)cc1F. The van der Waals surface area contributed by atoms with E-state index in [1.807, 2.05) is 30.3 Å². The molecule has 0 unspecified atom stereocenters. The van der Waals surface area contributed by atoms with Gasteiger partial charge in [-0.1, -0.05) is 30.3 Å². The van der Waals surface area contributed by atoms with Crippen LogP contribution in [0.2, 0.25) is 0 Å². The Morgan fingerprint density at radius 2 is 2.10 bits per heavy atom. The number of nitrogens with zero attached hydrogens (tertiary/aromatic N) is 1. The van der Waals surface area contributed by atoms with Gasteiger partial charge in [0.1, 0.15) is 5.82 Å². The molecule has 4 rings (SSSR count). The van der Waals surface area contributed by atoms with Crippen LogP contribution in [0.4, 0.5) is 4.39 Å². The highest BCUT2D eigenvalue weighted by atomic mass is 19.1. The van der Waals surface area contributed by atoms with E-state index in [4.69, 9.17) is 9.84 Å². The third kappa shape index (κ3) is 4.72. The fourth-order valence-corrected chi connectivity index (χ4v) is 4.49. The van der Waals surface area contributed by atoms with Gasteiger partial charge in [-0.2, -0.15) is 0 Å². The minimum Gasteiger partial charge on any atom is -0.396 e. The molecule has 5 nitrogen and oxygen atoms in total. The molecule has 2 aromatic carbocycles. The Balaban J connectivity index is 1.41. The summed E-state index contributed by atoms with van der Waals surface area (Å²) >= 11 is 0. The first-order valence-electron chi connectivity index (χ1n) is 10.6. The molecule has 2 saturated heterocycles. The maximum atomic E-state index is 13.9. The lowest BCUT2D eigenvalue weighted by atomic mass is 9.98. The number of fused-ring (bicyclic) bond motifs is 1. The summed E-state index contributed by atoms with van der Waals surface area (Å²) in [5, 5.41) is 12.3. The second kappa shape index (κ2) is 9.25. The highest BCUT2D eigenvalue weighted by molar-refractivity contribution is 5.96. The van der Waals surface area contributed by atoms with Crippen LogP contribution in [0, 0.1) is 12.7 Å². The molecule has 0 bridgehead atoms. The van der Waals surface area contributed by atoms with Gasteiger partial charge in [-0.25, -0.2) is 4.39 Å². The van der Waals surface area contributed by atoms with Gasteiger partial charge in [0.25, 0.3) is 5.91 Å². The first-order chi connectivity index (χ1) is 14.5. The van der Waals surface area contributed by atoms with Crippen molar-refractivity contribution in [1.82, 2.24) is 10.2 Å². The highest BCUT2D eigenvalue weighted by Gasteiger charge is 2.37. The summed E-state index contributed by atoms with van der Waals surface area (Å²) < 4.78 is 19.8. The Bertz CT molecular complexity index is 904. The molecule has 6 heteroatoms. The van der Waals surface area contributed by atoms with Crippen LogP contribution in [0.3, 0.4) is 0 Å². The predicted molar refractivity (Wildman–Crippen MR) is 113 cm³/mol. The highest BCUT2D eigenvalue weighted by Crippen LogP contribution is 2.25. The average molecular weight is 413 g/mol. The molecule has 2 aliphatic rings. The molecule has 0 spiro atoms. The summed E-state index contributed by atoms with van der Waals surface area (Å²) in [5.74, 6) is -0.311. The van der Waals surface area contributed by atoms with E-state index < -0.39 is 0 Å². The topological polar surface area (TPSA) is 61.8 Å². The monoisotopic (exact) mass is 412 g/mol. The van der Waals surface area contributed by atoms with Crippen molar-refractivity contribution in [2.75, 3.05) is 26.3 Å². The largest absolute Gasteiger partial charge is 0.396 e. The zero-order chi connectivity index (χ0) is 21.1. The molecule has 2 aliphatic heterocycles. The molecule has 2 aromatic rings. The molecule has 0 radical (unpaired) electrons. The van der Waals surface area contributed by atoms with Crippen LogP contribution in [0.25, 0.3) is 0 Å². The van der Waals surface area contributed by atoms with Crippen LogP contribution in [-0.4, -0.2) is 60.4 Å². The van der Waals surface area contributed by atoms with Crippen molar-refractivity contribution < 1.29 is 19.0 Å². The van der Waals surface area contributed by atoms with Gasteiger partial charge in [0.2, 0.25) is 0 Å². The number of nitrogens with one attached hydrogen (secondary N) is 1. The zero-order valence-corrected chi connectivity index (χ0v) is 17.3. The van der Waals surface area contributed by atoms with E-state index >= 15 is 0 Å². The van der Waals surface area contributed by atoms with Gasteiger partial charge in [-0.15, -0.1) is 0 Å². The van der Waals surface area contributed by atoms with Gasteiger partial charge in [-0.3, -0.25) is 9.69 Å². The minimum atomic E-state index is -0.223. The number of aliphatic hydroxyl groups excluding tert-OH is 1. The summed E-state index contributed by atoms with van der Waals surface area (Å²) in [5.41, 5.74) is 2.99. The summed E-state index contributed by atoms with van der Waals surface area (Å²) in [4.78, 5) is 15.4. The predicted octanol–water partition coefficient (Wildman–Crippen LogP) is 2.68. The molecular weight excluding hydrogens is 383 g/mol. The van der Waals surface area contributed by atoms with Crippen molar-refractivity contribution in [2.24, 2.45) is 0 Å². The van der Waals surface area contributed by atoms with E-state index in [1.54, 1.807) is 19.1 Å². The third-order valence-electron chi connectivity index (χ3n) is 6.17. The number of morpholine rings is 1. The Hall–Kier alpha value is -2.28. The molecular formula is C24H29FN2O3. The van der Waals surface area contributed by atoms with E-state index in [0.717, 1.165) is 30.6 Å². The van der Waals surface area contributed by atoms with E-state index in [0.29, 0.717) is 36.6 Å². The number of carbonyl (C=O) groups excluding carboxylic acids is 1. The van der Waals surface area contributed by atoms with Gasteiger partial charge in [0.15, 0.2) is 0 Å². The maximum absolute atomic E-state index is 13.9. The fourth-order valence-electron chi connectivity index (χ4n) is 4.49. The quantitative estimate of drug-likeness (QED) is 0.766. The summed E-state index contributed by atoms with van der Waals surface area (Å²) in [6, 6.07) is 13.1. The third-order valence-corrected chi connectivity index (χ3v) is 6.17. The maximum Gasteiger partial charge on any atom is 0.251 e. The van der Waals surface area contributed by atoms with Crippen molar-refractivity contribution >= 4 is 5.91 Å². The molecule has 0 saturated carbocycles. The summed E-state index contributed by atoms with van der Waals surface area (Å²) in [6.45, 7) is 4.12. The Morgan fingerprint density at radius 3 is 2.90 bits per heavy atom. The van der Waals surface area contributed by atoms with Gasteiger partial charge in [0.05, 0.1) is 12.7 Å². The molecule has 0 aliphatic carbocycles. The Kier molecular flexibility index (Phi) is 6.46. The fraction of sp³-hybridized carbons (Fsp3) is 0.458. The first kappa shape index (κ1) is 21.0. The average Bonchev–Trinajstić information content (AvgIpc) is 3.13. The van der Waals surface area contributed by atoms with Crippen molar-refractivity contribution in [3.05, 3.63) is 70.5 Å². The first-order valence-corrected chi connectivity index (χ1v) is 10.6. The van der Waals surface area contributed by atoms with E-state index in [9.17, 15) is 9.18 Å². The van der Waals surface area contributed by atoms with E-state index in [2.05, 4.69) is 10.2 Å². The number of aryl methyl sites for hydroxylation is 1. The van der Waals surface area contributed by atoms with Crippen LogP contribution in [0.5, 0.6) is 0 Å². The lowest BCUT2D eigenvalue weighted by molar-refractivity contribution is -0.0566. The normalized spacial score (nSPS) is 23.9. The van der Waals surface area contributed by atoms with E-state index in [-0.39, 0.29) is 30.5 Å². The van der Waals surface area contributed by atoms with Crippen molar-refractivity contribution in [3.63, 3.8) is 0 Å². The number of aliphatic hydroxyl groups is 1. The number of amides is 1. The van der Waals surface area contributed by atoms with Crippen LogP contribution in [-0.2, 0) is 11.2 Å². The standard InChI is InChI=1S/C24H29FN2O3/c1-16-6-7-17(11-23(16)25)10-18-4-2-3-5-22(18)24(29)26-19-12-20-15-30-21(8-9-28)14-27(20)13-19/h2-7,11,19-21,28H,8-10,12-15H2,1H3,(H,26,29)/t19-,20+,21+/m1/s1. The summed E-state index contributed by atoms with van der Waals surface area (Å²) in [6.07, 6.45) is 2.09. The second-order valence-electron chi connectivity index (χ2n) is 8.40. The minimum absolute atomic E-state index is 0.0660. The molecule has 2 N–H and O–H groups in total. The van der Waals surface area contributed by atoms with Crippen molar-refractivity contribution in [2.45, 2.75) is 44.4 Å². The van der Waals surface area contributed by atoms with Crippen molar-refractivity contribution in [1.29, 1.82) is 0 Å². The smallest absolute Gasteiger partial charge is 0.251 e. The molecule has 30 heavy (non-hydrogen) atoms.